The van der Waals surface area contributed by atoms with E-state index in [2.05, 4.69) is 10.0 Å². The summed E-state index contributed by atoms with van der Waals surface area (Å²) in [5, 5.41) is 3.09. The van der Waals surface area contributed by atoms with Crippen LogP contribution in [0.4, 0.5) is 15.8 Å². The highest BCUT2D eigenvalue weighted by molar-refractivity contribution is 7.92. The van der Waals surface area contributed by atoms with Crippen LogP contribution in [0.2, 0.25) is 0 Å². The predicted molar refractivity (Wildman–Crippen MR) is 120 cm³/mol. The molecule has 0 spiro atoms. The molecule has 0 atom stereocenters. The molecule has 31 heavy (non-hydrogen) atoms. The molecule has 0 heterocycles. The third-order valence-corrected chi connectivity index (χ3v) is 5.93. The van der Waals surface area contributed by atoms with Gasteiger partial charge in [0.2, 0.25) is 0 Å². The van der Waals surface area contributed by atoms with Gasteiger partial charge in [0.1, 0.15) is 22.2 Å². The highest BCUT2D eigenvalue weighted by atomic mass is 32.2. The Balaban J connectivity index is 2.03. The van der Waals surface area contributed by atoms with Crippen LogP contribution in [-0.2, 0) is 10.0 Å². The zero-order valence-corrected chi connectivity index (χ0v) is 18.0. The monoisotopic (exact) mass is 445 g/mol. The van der Waals surface area contributed by atoms with Crippen molar-refractivity contribution in [2.45, 2.75) is 4.90 Å². The second kappa shape index (κ2) is 9.67. The van der Waals surface area contributed by atoms with Gasteiger partial charge in [-0.15, -0.1) is 0 Å². The molecule has 0 aliphatic carbocycles. The van der Waals surface area contributed by atoms with Gasteiger partial charge in [0.05, 0.1) is 25.5 Å². The van der Waals surface area contributed by atoms with Crippen molar-refractivity contribution >= 4 is 21.4 Å². The van der Waals surface area contributed by atoms with E-state index >= 15 is 0 Å². The van der Waals surface area contributed by atoms with Crippen molar-refractivity contribution in [2.75, 3.05) is 37.3 Å². The molecule has 0 amide bonds. The Labute approximate surface area is 181 Å². The minimum atomic E-state index is -4.05. The van der Waals surface area contributed by atoms with Crippen LogP contribution in [0, 0.1) is 5.82 Å². The molecule has 9 heteroatoms. The number of benzene rings is 3. The highest BCUT2D eigenvalue weighted by Crippen LogP contribution is 2.37. The topological polar surface area (TPSA) is 103 Å². The van der Waals surface area contributed by atoms with Crippen LogP contribution in [0.25, 0.3) is 11.1 Å². The minimum absolute atomic E-state index is 0.127. The number of methoxy groups -OCH3 is 2. The Morgan fingerprint density at radius 2 is 1.65 bits per heavy atom. The normalized spacial score (nSPS) is 11.1. The third kappa shape index (κ3) is 5.07. The number of nitrogens with two attached hydrogens (primary N) is 1. The maximum absolute atomic E-state index is 14.5. The fraction of sp³-hybridized carbons (Fsp3) is 0.182. The van der Waals surface area contributed by atoms with Gasteiger partial charge in [0.25, 0.3) is 10.0 Å². The van der Waals surface area contributed by atoms with Crippen molar-refractivity contribution in [3.8, 4) is 22.6 Å². The predicted octanol–water partition coefficient (Wildman–Crippen LogP) is 3.68. The van der Waals surface area contributed by atoms with Gasteiger partial charge in [-0.3, -0.25) is 4.72 Å². The van der Waals surface area contributed by atoms with Crippen molar-refractivity contribution in [2.24, 2.45) is 5.73 Å². The maximum atomic E-state index is 14.5. The van der Waals surface area contributed by atoms with E-state index in [1.165, 1.54) is 38.5 Å². The maximum Gasteiger partial charge on any atom is 0.265 e. The first-order chi connectivity index (χ1) is 14.9. The van der Waals surface area contributed by atoms with E-state index in [0.29, 0.717) is 30.1 Å². The van der Waals surface area contributed by atoms with Crippen molar-refractivity contribution in [1.29, 1.82) is 0 Å². The largest absolute Gasteiger partial charge is 0.496 e. The molecule has 0 radical (unpaired) electrons. The fourth-order valence-corrected chi connectivity index (χ4v) is 4.36. The zero-order chi connectivity index (χ0) is 22.4. The molecule has 0 saturated carbocycles. The standard InChI is InChI=1S/C22H24FN3O4S/c1-29-19-10-9-15(22-18(23)7-4-8-20(22)30-2)13-21(19)31(27,28)26-17-6-3-5-16(14-17)25-12-11-24/h3-10,13-14,25-26H,11-12,24H2,1-2H3. The zero-order valence-electron chi connectivity index (χ0n) is 17.2. The summed E-state index contributed by atoms with van der Waals surface area (Å²) in [6.45, 7) is 0.996. The lowest BCUT2D eigenvalue weighted by molar-refractivity contribution is 0.402. The fourth-order valence-electron chi connectivity index (χ4n) is 3.12. The van der Waals surface area contributed by atoms with E-state index in [0.717, 1.165) is 5.69 Å². The van der Waals surface area contributed by atoms with E-state index in [-0.39, 0.29) is 16.2 Å². The molecule has 0 aromatic heterocycles. The summed E-state index contributed by atoms with van der Waals surface area (Å²) in [6.07, 6.45) is 0. The first-order valence-electron chi connectivity index (χ1n) is 9.47. The number of hydrogen-bond donors (Lipinski definition) is 3. The summed E-state index contributed by atoms with van der Waals surface area (Å²) in [5.74, 6) is -0.108. The molecule has 0 fully saturated rings. The van der Waals surface area contributed by atoms with Crippen molar-refractivity contribution in [1.82, 2.24) is 0 Å². The number of sulfonamides is 1. The van der Waals surface area contributed by atoms with E-state index < -0.39 is 15.8 Å². The van der Waals surface area contributed by atoms with Crippen LogP contribution in [0.5, 0.6) is 11.5 Å². The Morgan fingerprint density at radius 1 is 0.935 bits per heavy atom. The number of nitrogens with one attached hydrogen (secondary N) is 2. The molecule has 0 unspecified atom stereocenters. The SMILES string of the molecule is COc1ccc(-c2c(F)cccc2OC)cc1S(=O)(=O)Nc1cccc(NCCN)c1. The molecule has 7 nitrogen and oxygen atoms in total. The molecule has 3 aromatic rings. The van der Waals surface area contributed by atoms with Gasteiger partial charge < -0.3 is 20.5 Å². The molecule has 0 bridgehead atoms. The Bertz CT molecular complexity index is 1170. The summed E-state index contributed by atoms with van der Waals surface area (Å²) >= 11 is 0. The van der Waals surface area contributed by atoms with Crippen LogP contribution < -0.4 is 25.2 Å². The lowest BCUT2D eigenvalue weighted by Gasteiger charge is -2.15. The Kier molecular flexibility index (Phi) is 6.98. The molecule has 0 saturated heterocycles. The second-order valence-corrected chi connectivity index (χ2v) is 8.24. The second-order valence-electron chi connectivity index (χ2n) is 6.58. The van der Waals surface area contributed by atoms with Gasteiger partial charge in [-0.05, 0) is 48.0 Å². The minimum Gasteiger partial charge on any atom is -0.496 e. The quantitative estimate of drug-likeness (QED) is 0.464. The van der Waals surface area contributed by atoms with Gasteiger partial charge in [0.15, 0.2) is 0 Å². The molecule has 3 aromatic carbocycles. The van der Waals surface area contributed by atoms with Crippen LogP contribution in [-0.4, -0.2) is 35.7 Å². The van der Waals surface area contributed by atoms with Gasteiger partial charge in [-0.2, -0.15) is 0 Å². The molecular weight excluding hydrogens is 421 g/mol. The Morgan fingerprint density at radius 3 is 2.35 bits per heavy atom. The molecular formula is C22H24FN3O4S. The average Bonchev–Trinajstić information content (AvgIpc) is 2.77. The summed E-state index contributed by atoms with van der Waals surface area (Å²) in [5.41, 5.74) is 7.08. The Hall–Kier alpha value is -3.30. The van der Waals surface area contributed by atoms with Crippen LogP contribution in [0.15, 0.2) is 65.6 Å². The van der Waals surface area contributed by atoms with Crippen LogP contribution in [0.1, 0.15) is 0 Å². The molecule has 3 rings (SSSR count). The lowest BCUT2D eigenvalue weighted by Crippen LogP contribution is -2.15. The molecule has 4 N–H and O–H groups in total. The number of ether oxygens (including phenoxy) is 2. The summed E-state index contributed by atoms with van der Waals surface area (Å²) in [6, 6.07) is 15.6. The summed E-state index contributed by atoms with van der Waals surface area (Å²) in [7, 11) is -1.25. The summed E-state index contributed by atoms with van der Waals surface area (Å²) in [4.78, 5) is -0.127. The number of anilines is 2. The molecule has 0 aliphatic rings. The third-order valence-electron chi connectivity index (χ3n) is 4.53. The van der Waals surface area contributed by atoms with Gasteiger partial charge in [0, 0.05) is 18.8 Å². The van der Waals surface area contributed by atoms with E-state index in [1.807, 2.05) is 0 Å². The number of rotatable bonds is 9. The van der Waals surface area contributed by atoms with Gasteiger partial charge >= 0.3 is 0 Å². The molecule has 164 valence electrons. The lowest BCUT2D eigenvalue weighted by atomic mass is 10.0. The van der Waals surface area contributed by atoms with Crippen molar-refractivity contribution < 1.29 is 22.3 Å². The summed E-state index contributed by atoms with van der Waals surface area (Å²) < 4.78 is 53.9. The van der Waals surface area contributed by atoms with Gasteiger partial charge in [-0.1, -0.05) is 18.2 Å². The van der Waals surface area contributed by atoms with E-state index in [9.17, 15) is 12.8 Å². The van der Waals surface area contributed by atoms with Gasteiger partial charge in [-0.25, -0.2) is 12.8 Å². The van der Waals surface area contributed by atoms with Crippen LogP contribution >= 0.6 is 0 Å². The highest BCUT2D eigenvalue weighted by Gasteiger charge is 2.22. The first-order valence-corrected chi connectivity index (χ1v) is 11.0. The van der Waals surface area contributed by atoms with E-state index in [1.54, 1.807) is 36.4 Å². The molecule has 0 aliphatic heterocycles. The smallest absolute Gasteiger partial charge is 0.265 e. The number of halogens is 1. The van der Waals surface area contributed by atoms with Crippen molar-refractivity contribution in [3.63, 3.8) is 0 Å². The van der Waals surface area contributed by atoms with Crippen LogP contribution in [0.3, 0.4) is 0 Å². The van der Waals surface area contributed by atoms with Crippen molar-refractivity contribution in [3.05, 3.63) is 66.5 Å². The average molecular weight is 446 g/mol. The van der Waals surface area contributed by atoms with E-state index in [4.69, 9.17) is 15.2 Å². The number of hydrogen-bond acceptors (Lipinski definition) is 6. The first kappa shape index (κ1) is 22.4.